The molecule has 0 fully saturated rings. The number of ketones is 1. The van der Waals surface area contributed by atoms with Gasteiger partial charge in [0.1, 0.15) is 11.6 Å². The third kappa shape index (κ3) is 2.54. The van der Waals surface area contributed by atoms with Gasteiger partial charge in [-0.25, -0.2) is 4.39 Å². The lowest BCUT2D eigenvalue weighted by molar-refractivity contribution is 0.103. The maximum absolute atomic E-state index is 13.2. The van der Waals surface area contributed by atoms with E-state index in [0.717, 1.165) is 11.1 Å². The smallest absolute Gasteiger partial charge is 0.196 e. The summed E-state index contributed by atoms with van der Waals surface area (Å²) >= 11 is 5.72. The summed E-state index contributed by atoms with van der Waals surface area (Å²) in [7, 11) is 1.52. The van der Waals surface area contributed by atoms with Gasteiger partial charge in [0.15, 0.2) is 5.78 Å². The van der Waals surface area contributed by atoms with Gasteiger partial charge in [0, 0.05) is 5.56 Å². The van der Waals surface area contributed by atoms with Gasteiger partial charge in [-0.1, -0.05) is 17.7 Å². The van der Waals surface area contributed by atoms with E-state index < -0.39 is 5.82 Å². The molecule has 0 aliphatic rings. The van der Waals surface area contributed by atoms with Crippen molar-refractivity contribution < 1.29 is 13.9 Å². The van der Waals surface area contributed by atoms with Gasteiger partial charge >= 0.3 is 0 Å². The minimum Gasteiger partial charge on any atom is -0.496 e. The van der Waals surface area contributed by atoms with Crippen LogP contribution in [0.4, 0.5) is 4.39 Å². The van der Waals surface area contributed by atoms with Gasteiger partial charge in [-0.3, -0.25) is 4.79 Å². The molecule has 4 heteroatoms. The average Bonchev–Trinajstić information content (AvgIpc) is 2.44. The van der Waals surface area contributed by atoms with Crippen LogP contribution in [0.5, 0.6) is 5.75 Å². The molecule has 0 spiro atoms. The number of carbonyl (C=O) groups excluding carboxylic acids is 1. The predicted molar refractivity (Wildman–Crippen MR) is 77.3 cm³/mol. The monoisotopic (exact) mass is 292 g/mol. The molecule has 0 bridgehead atoms. The molecular weight excluding hydrogens is 279 g/mol. The van der Waals surface area contributed by atoms with Crippen LogP contribution in [-0.2, 0) is 0 Å². The van der Waals surface area contributed by atoms with Crippen LogP contribution >= 0.6 is 11.6 Å². The van der Waals surface area contributed by atoms with E-state index in [0.29, 0.717) is 16.9 Å². The van der Waals surface area contributed by atoms with Crippen molar-refractivity contribution in [3.63, 3.8) is 0 Å². The number of hydrogen-bond donors (Lipinski definition) is 0. The Labute approximate surface area is 122 Å². The Morgan fingerprint density at radius 1 is 1.20 bits per heavy atom. The van der Waals surface area contributed by atoms with Gasteiger partial charge in [-0.2, -0.15) is 0 Å². The lowest BCUT2D eigenvalue weighted by Gasteiger charge is -2.13. The molecule has 0 aliphatic heterocycles. The SMILES string of the molecule is COc1c(C(=O)c2ccc(F)c(Cl)c2)ccc(C)c1C. The summed E-state index contributed by atoms with van der Waals surface area (Å²) in [6, 6.07) is 7.49. The van der Waals surface area contributed by atoms with E-state index >= 15 is 0 Å². The molecule has 0 unspecified atom stereocenters. The Bertz CT molecular complexity index is 680. The molecule has 0 aliphatic carbocycles. The van der Waals surface area contributed by atoms with Crippen LogP contribution in [0.15, 0.2) is 30.3 Å². The summed E-state index contributed by atoms with van der Waals surface area (Å²) < 4.78 is 18.5. The third-order valence-electron chi connectivity index (χ3n) is 3.31. The fourth-order valence-corrected chi connectivity index (χ4v) is 2.21. The number of hydrogen-bond acceptors (Lipinski definition) is 2. The van der Waals surface area contributed by atoms with Crippen LogP contribution in [0.1, 0.15) is 27.0 Å². The largest absolute Gasteiger partial charge is 0.496 e. The summed E-state index contributed by atoms with van der Waals surface area (Å²) in [5.41, 5.74) is 2.72. The summed E-state index contributed by atoms with van der Waals surface area (Å²) in [6.45, 7) is 3.84. The molecule has 20 heavy (non-hydrogen) atoms. The number of methoxy groups -OCH3 is 1. The molecule has 0 amide bonds. The normalized spacial score (nSPS) is 10.4. The number of carbonyl (C=O) groups is 1. The highest BCUT2D eigenvalue weighted by Crippen LogP contribution is 2.29. The van der Waals surface area contributed by atoms with Crippen LogP contribution in [0, 0.1) is 19.7 Å². The zero-order valence-corrected chi connectivity index (χ0v) is 12.2. The average molecular weight is 293 g/mol. The maximum atomic E-state index is 13.2. The van der Waals surface area contributed by atoms with Crippen molar-refractivity contribution in [2.75, 3.05) is 7.11 Å². The molecule has 0 atom stereocenters. The molecule has 2 aromatic rings. The number of rotatable bonds is 3. The van der Waals surface area contributed by atoms with E-state index in [1.807, 2.05) is 19.9 Å². The third-order valence-corrected chi connectivity index (χ3v) is 3.60. The fraction of sp³-hybridized carbons (Fsp3) is 0.188. The Hall–Kier alpha value is -1.87. The molecule has 0 aromatic heterocycles. The van der Waals surface area contributed by atoms with Crippen molar-refractivity contribution >= 4 is 17.4 Å². The minimum absolute atomic E-state index is 0.0707. The van der Waals surface area contributed by atoms with E-state index in [9.17, 15) is 9.18 Å². The van der Waals surface area contributed by atoms with E-state index in [1.165, 1.54) is 25.3 Å². The topological polar surface area (TPSA) is 26.3 Å². The Kier molecular flexibility index (Phi) is 4.09. The van der Waals surface area contributed by atoms with Gasteiger partial charge in [-0.05, 0) is 49.2 Å². The molecule has 0 heterocycles. The first-order chi connectivity index (χ1) is 9.45. The Morgan fingerprint density at radius 3 is 2.50 bits per heavy atom. The van der Waals surface area contributed by atoms with Gasteiger partial charge in [0.25, 0.3) is 0 Å². The molecule has 2 aromatic carbocycles. The summed E-state index contributed by atoms with van der Waals surface area (Å²) in [5, 5.41) is -0.0707. The number of halogens is 2. The second-order valence-corrected chi connectivity index (χ2v) is 4.95. The summed E-state index contributed by atoms with van der Waals surface area (Å²) in [5.74, 6) is -0.252. The fourth-order valence-electron chi connectivity index (χ4n) is 2.02. The zero-order valence-electron chi connectivity index (χ0n) is 11.5. The van der Waals surface area contributed by atoms with Crippen LogP contribution in [0.25, 0.3) is 0 Å². The van der Waals surface area contributed by atoms with Crippen molar-refractivity contribution in [3.05, 3.63) is 63.4 Å². The van der Waals surface area contributed by atoms with Crippen molar-refractivity contribution in [2.45, 2.75) is 13.8 Å². The first-order valence-corrected chi connectivity index (χ1v) is 6.47. The first kappa shape index (κ1) is 14.5. The van der Waals surface area contributed by atoms with E-state index in [4.69, 9.17) is 16.3 Å². The second-order valence-electron chi connectivity index (χ2n) is 4.55. The lowest BCUT2D eigenvalue weighted by Crippen LogP contribution is -2.06. The Morgan fingerprint density at radius 2 is 1.90 bits per heavy atom. The van der Waals surface area contributed by atoms with Gasteiger partial charge in [-0.15, -0.1) is 0 Å². The zero-order chi connectivity index (χ0) is 14.9. The molecule has 0 saturated carbocycles. The van der Waals surface area contributed by atoms with Crippen molar-refractivity contribution in [1.82, 2.24) is 0 Å². The molecule has 2 nitrogen and oxygen atoms in total. The van der Waals surface area contributed by atoms with Crippen molar-refractivity contribution in [3.8, 4) is 5.75 Å². The molecular formula is C16H14ClFO2. The predicted octanol–water partition coefficient (Wildman–Crippen LogP) is 4.34. The van der Waals surface area contributed by atoms with Crippen LogP contribution in [0.2, 0.25) is 5.02 Å². The van der Waals surface area contributed by atoms with E-state index in [-0.39, 0.29) is 10.8 Å². The molecule has 0 radical (unpaired) electrons. The van der Waals surface area contributed by atoms with E-state index in [1.54, 1.807) is 6.07 Å². The number of ether oxygens (including phenoxy) is 1. The standard InChI is InChI=1S/C16H14ClFO2/c1-9-4-6-12(16(20-3)10(9)2)15(19)11-5-7-14(18)13(17)8-11/h4-8H,1-3H3. The minimum atomic E-state index is -0.546. The van der Waals surface area contributed by atoms with E-state index in [2.05, 4.69) is 0 Å². The summed E-state index contributed by atoms with van der Waals surface area (Å²) in [4.78, 5) is 12.5. The van der Waals surface area contributed by atoms with Crippen LogP contribution < -0.4 is 4.74 Å². The molecule has 0 N–H and O–H groups in total. The quantitative estimate of drug-likeness (QED) is 0.787. The van der Waals surface area contributed by atoms with Gasteiger partial charge in [0.2, 0.25) is 0 Å². The van der Waals surface area contributed by atoms with Crippen LogP contribution in [-0.4, -0.2) is 12.9 Å². The molecule has 2 rings (SSSR count). The van der Waals surface area contributed by atoms with Crippen molar-refractivity contribution in [2.24, 2.45) is 0 Å². The van der Waals surface area contributed by atoms with Gasteiger partial charge in [0.05, 0.1) is 17.7 Å². The first-order valence-electron chi connectivity index (χ1n) is 6.09. The summed E-state index contributed by atoms with van der Waals surface area (Å²) in [6.07, 6.45) is 0. The highest BCUT2D eigenvalue weighted by molar-refractivity contribution is 6.31. The lowest BCUT2D eigenvalue weighted by atomic mass is 9.97. The highest BCUT2D eigenvalue weighted by Gasteiger charge is 2.18. The number of benzene rings is 2. The highest BCUT2D eigenvalue weighted by atomic mass is 35.5. The van der Waals surface area contributed by atoms with Gasteiger partial charge < -0.3 is 4.74 Å². The van der Waals surface area contributed by atoms with Crippen molar-refractivity contribution in [1.29, 1.82) is 0 Å². The maximum Gasteiger partial charge on any atom is 0.196 e. The molecule has 104 valence electrons. The number of aryl methyl sites for hydroxylation is 1. The molecule has 0 saturated heterocycles. The Balaban J connectivity index is 2.53. The van der Waals surface area contributed by atoms with Crippen LogP contribution in [0.3, 0.4) is 0 Å². The second kappa shape index (κ2) is 5.63.